The molecule has 4 N–H and O–H groups in total. The molecule has 0 saturated heterocycles. The SMILES string of the molecule is C=CCNC(=S)N/[NH+]=C/c1c[nH]c2ccccc12. The lowest BCUT2D eigenvalue weighted by atomic mass is 10.2. The largest absolute Gasteiger partial charge is 0.360 e. The molecule has 0 bridgehead atoms. The number of hydrogen-bond acceptors (Lipinski definition) is 1. The van der Waals surface area contributed by atoms with Crippen LogP contribution in [-0.2, 0) is 0 Å². The first kappa shape index (κ1) is 12.3. The Kier molecular flexibility index (Phi) is 4.09. The van der Waals surface area contributed by atoms with E-state index >= 15 is 0 Å². The molecule has 0 aliphatic rings. The van der Waals surface area contributed by atoms with Gasteiger partial charge in [-0.3, -0.25) is 0 Å². The van der Waals surface area contributed by atoms with E-state index in [1.165, 1.54) is 0 Å². The van der Waals surface area contributed by atoms with Crippen molar-refractivity contribution < 1.29 is 5.10 Å². The molecule has 2 rings (SSSR count). The molecule has 0 spiro atoms. The molecule has 0 unspecified atom stereocenters. The van der Waals surface area contributed by atoms with Gasteiger partial charge < -0.3 is 10.3 Å². The van der Waals surface area contributed by atoms with Crippen LogP contribution in [0.1, 0.15) is 5.56 Å². The average Bonchev–Trinajstić information content (AvgIpc) is 2.80. The Labute approximate surface area is 111 Å². The Morgan fingerprint density at radius 1 is 1.44 bits per heavy atom. The molecule has 0 radical (unpaired) electrons. The first-order chi connectivity index (χ1) is 8.81. The fourth-order valence-electron chi connectivity index (χ4n) is 1.60. The maximum atomic E-state index is 5.05. The highest BCUT2D eigenvalue weighted by Gasteiger charge is 2.02. The lowest BCUT2D eigenvalue weighted by Crippen LogP contribution is -2.82. The smallest absolute Gasteiger partial charge is 0.224 e. The molecular weight excluding hydrogens is 244 g/mol. The van der Waals surface area contributed by atoms with E-state index in [0.717, 1.165) is 16.5 Å². The van der Waals surface area contributed by atoms with E-state index in [9.17, 15) is 0 Å². The zero-order valence-electron chi connectivity index (χ0n) is 9.86. The van der Waals surface area contributed by atoms with Gasteiger partial charge in [0.1, 0.15) is 0 Å². The van der Waals surface area contributed by atoms with Crippen LogP contribution < -0.4 is 15.8 Å². The summed E-state index contributed by atoms with van der Waals surface area (Å²) in [5, 5.41) is 7.61. The summed E-state index contributed by atoms with van der Waals surface area (Å²) in [6.07, 6.45) is 5.55. The Hall–Kier alpha value is -2.14. The summed E-state index contributed by atoms with van der Waals surface area (Å²) >= 11 is 5.05. The highest BCUT2D eigenvalue weighted by Crippen LogP contribution is 2.14. The molecule has 4 nitrogen and oxygen atoms in total. The zero-order valence-corrected chi connectivity index (χ0v) is 10.7. The number of para-hydroxylation sites is 1. The van der Waals surface area contributed by atoms with E-state index in [1.54, 1.807) is 6.08 Å². The maximum absolute atomic E-state index is 5.05. The number of aromatic nitrogens is 1. The lowest BCUT2D eigenvalue weighted by molar-refractivity contribution is -0.500. The van der Waals surface area contributed by atoms with Gasteiger partial charge in [0.25, 0.3) is 0 Å². The standard InChI is InChI=1S/C13H14N4S/c1-2-7-14-13(18)17-16-9-10-8-15-12-6-4-3-5-11(10)12/h2-6,8-9,15H,1,7H2,(H2,14,17,18)/p+1/b16-9+. The number of thiocarbonyl (C=S) groups is 1. The second-order valence-corrected chi connectivity index (χ2v) is 4.11. The molecule has 2 aromatic rings. The molecule has 0 saturated carbocycles. The second kappa shape index (κ2) is 5.97. The van der Waals surface area contributed by atoms with Crippen molar-refractivity contribution in [2.24, 2.45) is 0 Å². The van der Waals surface area contributed by atoms with Crippen molar-refractivity contribution in [2.45, 2.75) is 0 Å². The summed E-state index contributed by atoms with van der Waals surface area (Å²) in [4.78, 5) is 3.20. The topological polar surface area (TPSA) is 53.8 Å². The van der Waals surface area contributed by atoms with Crippen LogP contribution in [-0.4, -0.2) is 22.9 Å². The summed E-state index contributed by atoms with van der Waals surface area (Å²) in [6, 6.07) is 8.11. The third kappa shape index (κ3) is 2.95. The minimum Gasteiger partial charge on any atom is -0.360 e. The highest BCUT2D eigenvalue weighted by molar-refractivity contribution is 7.80. The molecule has 1 heterocycles. The first-order valence-electron chi connectivity index (χ1n) is 5.61. The van der Waals surface area contributed by atoms with Gasteiger partial charge in [-0.25, -0.2) is 0 Å². The predicted octanol–water partition coefficient (Wildman–Crippen LogP) is 0.233. The van der Waals surface area contributed by atoms with Crippen LogP contribution in [0.3, 0.4) is 0 Å². The van der Waals surface area contributed by atoms with E-state index in [0.29, 0.717) is 11.7 Å². The molecule has 18 heavy (non-hydrogen) atoms. The molecule has 0 aliphatic heterocycles. The number of nitrogens with one attached hydrogen (secondary N) is 4. The van der Waals surface area contributed by atoms with Crippen LogP contribution >= 0.6 is 12.2 Å². The number of hydrogen-bond donors (Lipinski definition) is 4. The maximum Gasteiger partial charge on any atom is 0.224 e. The van der Waals surface area contributed by atoms with E-state index in [2.05, 4.69) is 33.5 Å². The van der Waals surface area contributed by atoms with Gasteiger partial charge in [-0.1, -0.05) is 24.3 Å². The Morgan fingerprint density at radius 3 is 3.11 bits per heavy atom. The van der Waals surface area contributed by atoms with Crippen LogP contribution in [0, 0.1) is 0 Å². The number of rotatable bonds is 4. The quantitative estimate of drug-likeness (QED) is 0.275. The molecular formula is C13H15N4S+. The Bertz CT molecular complexity index is 585. The minimum absolute atomic E-state index is 0.533. The number of aromatic amines is 1. The van der Waals surface area contributed by atoms with E-state index in [4.69, 9.17) is 12.2 Å². The molecule has 1 aromatic carbocycles. The van der Waals surface area contributed by atoms with Crippen LogP contribution in [0.15, 0.2) is 43.1 Å². The van der Waals surface area contributed by atoms with Crippen LogP contribution in [0.2, 0.25) is 0 Å². The van der Waals surface area contributed by atoms with E-state index < -0.39 is 0 Å². The van der Waals surface area contributed by atoms with Crippen molar-refractivity contribution in [1.29, 1.82) is 0 Å². The molecule has 0 aliphatic carbocycles. The third-order valence-electron chi connectivity index (χ3n) is 2.44. The molecule has 1 aromatic heterocycles. The van der Waals surface area contributed by atoms with Crippen LogP contribution in [0.25, 0.3) is 10.9 Å². The normalized spacial score (nSPS) is 10.7. The molecule has 0 amide bonds. The number of H-pyrrole nitrogens is 1. The van der Waals surface area contributed by atoms with Crippen molar-refractivity contribution in [3.63, 3.8) is 0 Å². The zero-order chi connectivity index (χ0) is 12.8. The molecule has 92 valence electrons. The van der Waals surface area contributed by atoms with Crippen molar-refractivity contribution in [3.05, 3.63) is 48.7 Å². The van der Waals surface area contributed by atoms with Crippen molar-refractivity contribution in [3.8, 4) is 0 Å². The van der Waals surface area contributed by atoms with Crippen LogP contribution in [0.4, 0.5) is 0 Å². The van der Waals surface area contributed by atoms with Gasteiger partial charge in [0, 0.05) is 23.6 Å². The minimum atomic E-state index is 0.533. The Morgan fingerprint density at radius 2 is 2.28 bits per heavy atom. The molecule has 0 fully saturated rings. The number of benzene rings is 1. The average molecular weight is 259 g/mol. The summed E-state index contributed by atoms with van der Waals surface area (Å²) < 4.78 is 0. The third-order valence-corrected chi connectivity index (χ3v) is 2.69. The van der Waals surface area contributed by atoms with Gasteiger partial charge in [0.2, 0.25) is 11.3 Å². The highest BCUT2D eigenvalue weighted by atomic mass is 32.1. The summed E-state index contributed by atoms with van der Waals surface area (Å²) in [6.45, 7) is 4.24. The second-order valence-electron chi connectivity index (χ2n) is 3.70. The monoisotopic (exact) mass is 259 g/mol. The van der Waals surface area contributed by atoms with Gasteiger partial charge >= 0.3 is 0 Å². The molecule has 5 heteroatoms. The van der Waals surface area contributed by atoms with Crippen molar-refractivity contribution in [2.75, 3.05) is 6.54 Å². The summed E-state index contributed by atoms with van der Waals surface area (Å²) in [5.41, 5.74) is 5.06. The fraction of sp³-hybridized carbons (Fsp3) is 0.0769. The molecule has 0 atom stereocenters. The van der Waals surface area contributed by atoms with E-state index in [-0.39, 0.29) is 0 Å². The van der Waals surface area contributed by atoms with Crippen molar-refractivity contribution >= 4 is 34.4 Å². The van der Waals surface area contributed by atoms with E-state index in [1.807, 2.05) is 30.6 Å². The number of fused-ring (bicyclic) bond motifs is 1. The van der Waals surface area contributed by atoms with Crippen molar-refractivity contribution in [1.82, 2.24) is 15.7 Å². The Balaban J connectivity index is 2.01. The van der Waals surface area contributed by atoms with Gasteiger partial charge in [-0.2, -0.15) is 0 Å². The fourth-order valence-corrected chi connectivity index (χ4v) is 1.74. The first-order valence-corrected chi connectivity index (χ1v) is 6.01. The number of hydrazine groups is 1. The predicted molar refractivity (Wildman–Crippen MR) is 78.4 cm³/mol. The van der Waals surface area contributed by atoms with Crippen LogP contribution in [0.5, 0.6) is 0 Å². The van der Waals surface area contributed by atoms with Gasteiger partial charge in [0.15, 0.2) is 0 Å². The van der Waals surface area contributed by atoms with Gasteiger partial charge in [-0.15, -0.1) is 17.1 Å². The van der Waals surface area contributed by atoms with Gasteiger partial charge in [0.05, 0.1) is 5.56 Å². The summed E-state index contributed by atoms with van der Waals surface area (Å²) in [7, 11) is 0. The van der Waals surface area contributed by atoms with Gasteiger partial charge in [-0.05, 0) is 18.3 Å². The lowest BCUT2D eigenvalue weighted by Gasteiger charge is -1.98. The number of hydrazone groups is 1. The summed E-state index contributed by atoms with van der Waals surface area (Å²) in [5.74, 6) is 0.